The van der Waals surface area contributed by atoms with Crippen LogP contribution in [0.25, 0.3) is 0 Å². The largest absolute Gasteiger partial charge is 0.317 e. The number of rotatable bonds is 2. The molecule has 0 spiro atoms. The molecule has 0 aliphatic carbocycles. The second-order valence-electron chi connectivity index (χ2n) is 5.59. The molecule has 20 heavy (non-hydrogen) atoms. The van der Waals surface area contributed by atoms with Crippen LogP contribution in [0.1, 0.15) is 17.0 Å². The average molecular weight is 284 g/mol. The lowest BCUT2D eigenvalue weighted by atomic mass is 9.87. The van der Waals surface area contributed by atoms with E-state index in [0.717, 1.165) is 24.6 Å². The molecular weight excluding hydrogens is 268 g/mol. The third-order valence-corrected chi connectivity index (χ3v) is 5.16. The van der Waals surface area contributed by atoms with Crippen LogP contribution in [0, 0.1) is 5.92 Å². The van der Waals surface area contributed by atoms with Crippen molar-refractivity contribution < 1.29 is 4.79 Å². The summed E-state index contributed by atoms with van der Waals surface area (Å²) in [5.41, 5.74) is 2.65. The molecule has 3 heterocycles. The molecule has 1 aromatic carbocycles. The number of carbonyl (C=O) groups is 1. The molecule has 2 aliphatic rings. The zero-order valence-electron chi connectivity index (χ0n) is 11.1. The second kappa shape index (κ2) is 4.72. The van der Waals surface area contributed by atoms with Crippen molar-refractivity contribution in [1.29, 1.82) is 0 Å². The van der Waals surface area contributed by atoms with Gasteiger partial charge in [-0.05, 0) is 22.6 Å². The van der Waals surface area contributed by atoms with Gasteiger partial charge in [0.25, 0.3) is 0 Å². The number of thiophene rings is 1. The van der Waals surface area contributed by atoms with Crippen LogP contribution in [0.5, 0.6) is 0 Å². The predicted octanol–water partition coefficient (Wildman–Crippen LogP) is 2.92. The van der Waals surface area contributed by atoms with Crippen molar-refractivity contribution in [2.45, 2.75) is 12.5 Å². The summed E-state index contributed by atoms with van der Waals surface area (Å²) in [6, 6.07) is 12.7. The van der Waals surface area contributed by atoms with E-state index in [4.69, 9.17) is 0 Å². The number of carbonyl (C=O) groups excluding carboxylic acids is 1. The summed E-state index contributed by atoms with van der Waals surface area (Å²) in [7, 11) is 0. The smallest absolute Gasteiger partial charge is 0.230 e. The fourth-order valence-corrected chi connectivity index (χ4v) is 4.22. The quantitative estimate of drug-likeness (QED) is 0.919. The summed E-state index contributed by atoms with van der Waals surface area (Å²) in [5.74, 6) is 0.676. The number of nitrogens with zero attached hydrogens (tertiary/aromatic N) is 1. The molecule has 4 heteroatoms. The van der Waals surface area contributed by atoms with Gasteiger partial charge in [0, 0.05) is 25.6 Å². The molecule has 1 N–H and O–H groups in total. The SMILES string of the molecule is O=C1Nc2sccc2[C@@H]2CN(Cc3ccccc3)C[C@@H]12. The average Bonchev–Trinajstić information content (AvgIpc) is 3.06. The van der Waals surface area contributed by atoms with Crippen molar-refractivity contribution in [2.75, 3.05) is 18.4 Å². The van der Waals surface area contributed by atoms with Crippen LogP contribution in [0.4, 0.5) is 5.00 Å². The van der Waals surface area contributed by atoms with Gasteiger partial charge in [-0.3, -0.25) is 9.69 Å². The molecule has 2 aliphatic heterocycles. The lowest BCUT2D eigenvalue weighted by molar-refractivity contribution is -0.120. The first-order chi connectivity index (χ1) is 9.81. The predicted molar refractivity (Wildman–Crippen MR) is 80.9 cm³/mol. The van der Waals surface area contributed by atoms with Crippen molar-refractivity contribution in [3.05, 3.63) is 52.9 Å². The molecule has 102 valence electrons. The van der Waals surface area contributed by atoms with Gasteiger partial charge in [-0.2, -0.15) is 0 Å². The highest BCUT2D eigenvalue weighted by atomic mass is 32.1. The van der Waals surface area contributed by atoms with E-state index in [-0.39, 0.29) is 11.8 Å². The van der Waals surface area contributed by atoms with Crippen LogP contribution in [-0.4, -0.2) is 23.9 Å². The fourth-order valence-electron chi connectivity index (χ4n) is 3.35. The second-order valence-corrected chi connectivity index (χ2v) is 6.50. The summed E-state index contributed by atoms with van der Waals surface area (Å²) >= 11 is 1.63. The first kappa shape index (κ1) is 12.1. The van der Waals surface area contributed by atoms with Gasteiger partial charge >= 0.3 is 0 Å². The summed E-state index contributed by atoms with van der Waals surface area (Å²) in [5, 5.41) is 6.18. The minimum Gasteiger partial charge on any atom is -0.317 e. The minimum absolute atomic E-state index is 0.112. The Morgan fingerprint density at radius 1 is 1.15 bits per heavy atom. The van der Waals surface area contributed by atoms with E-state index < -0.39 is 0 Å². The standard InChI is InChI=1S/C16H16N2OS/c19-15-14-10-18(8-11-4-2-1-3-5-11)9-13(14)12-6-7-20-16(12)17-15/h1-7,13-14H,8-10H2,(H,17,19)/t13-,14+/m0/s1. The Kier molecular flexibility index (Phi) is 2.86. The topological polar surface area (TPSA) is 32.3 Å². The van der Waals surface area contributed by atoms with E-state index in [1.165, 1.54) is 11.1 Å². The Morgan fingerprint density at radius 2 is 1.95 bits per heavy atom. The van der Waals surface area contributed by atoms with Gasteiger partial charge in [0.05, 0.1) is 10.9 Å². The molecule has 1 saturated heterocycles. The monoisotopic (exact) mass is 284 g/mol. The molecule has 0 bridgehead atoms. The third-order valence-electron chi connectivity index (χ3n) is 4.31. The van der Waals surface area contributed by atoms with Crippen molar-refractivity contribution >= 4 is 22.2 Å². The maximum Gasteiger partial charge on any atom is 0.230 e. The highest BCUT2D eigenvalue weighted by Crippen LogP contribution is 2.43. The van der Waals surface area contributed by atoms with E-state index in [1.807, 2.05) is 6.07 Å². The number of hydrogen-bond acceptors (Lipinski definition) is 3. The maximum atomic E-state index is 12.2. The van der Waals surface area contributed by atoms with Crippen LogP contribution in [-0.2, 0) is 11.3 Å². The molecule has 2 atom stereocenters. The third kappa shape index (κ3) is 1.96. The fraction of sp³-hybridized carbons (Fsp3) is 0.312. The molecule has 1 aromatic heterocycles. The Bertz CT molecular complexity index is 637. The van der Waals surface area contributed by atoms with E-state index in [1.54, 1.807) is 11.3 Å². The van der Waals surface area contributed by atoms with Crippen LogP contribution >= 0.6 is 11.3 Å². The van der Waals surface area contributed by atoms with Gasteiger partial charge in [0.1, 0.15) is 0 Å². The van der Waals surface area contributed by atoms with Crippen molar-refractivity contribution in [2.24, 2.45) is 5.92 Å². The maximum absolute atomic E-state index is 12.2. The summed E-state index contributed by atoms with van der Waals surface area (Å²) < 4.78 is 0. The summed E-state index contributed by atoms with van der Waals surface area (Å²) in [6.45, 7) is 2.78. The lowest BCUT2D eigenvalue weighted by Gasteiger charge is -2.24. The first-order valence-electron chi connectivity index (χ1n) is 6.96. The molecule has 3 nitrogen and oxygen atoms in total. The van der Waals surface area contributed by atoms with Gasteiger partial charge in [0.2, 0.25) is 5.91 Å². The number of likely N-dealkylation sites (tertiary alicyclic amines) is 1. The van der Waals surface area contributed by atoms with Crippen molar-refractivity contribution in [1.82, 2.24) is 4.90 Å². The minimum atomic E-state index is 0.112. The van der Waals surface area contributed by atoms with Crippen LogP contribution in [0.2, 0.25) is 0 Å². The van der Waals surface area contributed by atoms with Gasteiger partial charge in [-0.1, -0.05) is 30.3 Å². The van der Waals surface area contributed by atoms with E-state index in [2.05, 4.69) is 45.9 Å². The lowest BCUT2D eigenvalue weighted by Crippen LogP contribution is -2.32. The number of amides is 1. The van der Waals surface area contributed by atoms with Crippen molar-refractivity contribution in [3.8, 4) is 0 Å². The van der Waals surface area contributed by atoms with Gasteiger partial charge in [-0.25, -0.2) is 0 Å². The summed E-state index contributed by atoms with van der Waals surface area (Å²) in [6.07, 6.45) is 0. The molecule has 0 unspecified atom stereocenters. The Balaban J connectivity index is 1.57. The number of benzene rings is 1. The molecule has 2 aromatic rings. The van der Waals surface area contributed by atoms with Gasteiger partial charge in [0.15, 0.2) is 0 Å². The summed E-state index contributed by atoms with van der Waals surface area (Å²) in [4.78, 5) is 14.6. The van der Waals surface area contributed by atoms with Crippen LogP contribution in [0.3, 0.4) is 0 Å². The molecule has 0 saturated carbocycles. The van der Waals surface area contributed by atoms with Gasteiger partial charge < -0.3 is 5.32 Å². The van der Waals surface area contributed by atoms with Crippen LogP contribution < -0.4 is 5.32 Å². The molecular formula is C16H16N2OS. The normalized spacial score (nSPS) is 25.1. The first-order valence-corrected chi connectivity index (χ1v) is 7.84. The highest BCUT2D eigenvalue weighted by molar-refractivity contribution is 7.14. The Hall–Kier alpha value is -1.65. The molecule has 1 amide bonds. The van der Waals surface area contributed by atoms with Gasteiger partial charge in [-0.15, -0.1) is 11.3 Å². The molecule has 1 fully saturated rings. The molecule has 0 radical (unpaired) electrons. The number of hydrogen-bond donors (Lipinski definition) is 1. The Labute approximate surface area is 122 Å². The van der Waals surface area contributed by atoms with E-state index in [0.29, 0.717) is 5.92 Å². The number of anilines is 1. The highest BCUT2D eigenvalue weighted by Gasteiger charge is 2.42. The molecule has 4 rings (SSSR count). The Morgan fingerprint density at radius 3 is 2.80 bits per heavy atom. The van der Waals surface area contributed by atoms with E-state index >= 15 is 0 Å². The van der Waals surface area contributed by atoms with E-state index in [9.17, 15) is 4.79 Å². The van der Waals surface area contributed by atoms with Crippen molar-refractivity contribution in [3.63, 3.8) is 0 Å². The zero-order chi connectivity index (χ0) is 13.5. The van der Waals surface area contributed by atoms with Crippen LogP contribution in [0.15, 0.2) is 41.8 Å². The number of fused-ring (bicyclic) bond motifs is 3. The zero-order valence-corrected chi connectivity index (χ0v) is 11.9. The number of nitrogens with one attached hydrogen (secondary N) is 1.